The van der Waals surface area contributed by atoms with Crippen LogP contribution in [0.5, 0.6) is 0 Å². The highest BCUT2D eigenvalue weighted by Gasteiger charge is 2.18. The zero-order valence-corrected chi connectivity index (χ0v) is 20.4. The van der Waals surface area contributed by atoms with Crippen molar-refractivity contribution in [2.45, 2.75) is 25.8 Å². The molecule has 0 bridgehead atoms. The molecule has 3 aromatic rings. The number of nitrogens with zero attached hydrogens (tertiary/aromatic N) is 2. The lowest BCUT2D eigenvalue weighted by Gasteiger charge is -2.27. The summed E-state index contributed by atoms with van der Waals surface area (Å²) >= 11 is 0. The molecule has 36 heavy (non-hydrogen) atoms. The van der Waals surface area contributed by atoms with Crippen molar-refractivity contribution >= 4 is 22.9 Å². The Bertz CT molecular complexity index is 1120. The Morgan fingerprint density at radius 1 is 1.06 bits per heavy atom. The normalized spacial score (nSPS) is 14.0. The molecule has 1 fully saturated rings. The van der Waals surface area contributed by atoms with Crippen molar-refractivity contribution in [3.05, 3.63) is 71.4 Å². The zero-order valence-electron chi connectivity index (χ0n) is 20.4. The predicted octanol–water partition coefficient (Wildman–Crippen LogP) is 3.12. The number of para-hydroxylation sites is 1. The Morgan fingerprint density at radius 3 is 2.58 bits per heavy atom. The van der Waals surface area contributed by atoms with Crippen LogP contribution in [0.4, 0.5) is 4.79 Å². The summed E-state index contributed by atoms with van der Waals surface area (Å²) in [5.74, 6) is -0.414. The number of hydrogen-bond acceptors (Lipinski definition) is 6. The number of aromatic nitrogens is 1. The third-order valence-corrected chi connectivity index (χ3v) is 6.48. The fourth-order valence-corrected chi connectivity index (χ4v) is 4.35. The first kappa shape index (κ1) is 25.7. The Kier molecular flexibility index (Phi) is 9.32. The number of carbonyl (C=O) groups is 2. The molecule has 0 aliphatic carbocycles. The third kappa shape index (κ3) is 7.30. The number of nitrogens with one attached hydrogen (secondary N) is 2. The van der Waals surface area contributed by atoms with Gasteiger partial charge in [-0.25, -0.2) is 10.3 Å². The molecule has 2 aromatic carbocycles. The maximum Gasteiger partial charge on any atom is 0.410 e. The molecular weight excluding hydrogens is 460 g/mol. The summed E-state index contributed by atoms with van der Waals surface area (Å²) in [6, 6.07) is 16.0. The van der Waals surface area contributed by atoms with Crippen LogP contribution in [0.1, 0.15) is 23.1 Å². The lowest BCUT2D eigenvalue weighted by molar-refractivity contribution is -0.129. The molecule has 192 valence electrons. The molecule has 0 atom stereocenters. The Balaban J connectivity index is 1.38. The molecule has 0 spiro atoms. The van der Waals surface area contributed by atoms with Crippen LogP contribution >= 0.6 is 0 Å². The van der Waals surface area contributed by atoms with Gasteiger partial charge in [0.15, 0.2) is 0 Å². The lowest BCUT2D eigenvalue weighted by atomic mass is 10.1. The van der Waals surface area contributed by atoms with Crippen molar-refractivity contribution in [2.75, 3.05) is 46.0 Å². The summed E-state index contributed by atoms with van der Waals surface area (Å²) in [5, 5.41) is 9.82. The van der Waals surface area contributed by atoms with Gasteiger partial charge in [-0.05, 0) is 35.6 Å². The number of aryl methyl sites for hydroxylation is 1. The summed E-state index contributed by atoms with van der Waals surface area (Å²) in [6.45, 7) is 5.13. The first-order valence-electron chi connectivity index (χ1n) is 12.4. The second-order valence-electron chi connectivity index (χ2n) is 8.95. The van der Waals surface area contributed by atoms with Gasteiger partial charge in [0.25, 0.3) is 0 Å². The maximum absolute atomic E-state index is 13.1. The molecule has 2 heterocycles. The lowest BCUT2D eigenvalue weighted by Crippen LogP contribution is -2.40. The van der Waals surface area contributed by atoms with Gasteiger partial charge in [-0.15, -0.1) is 0 Å². The first-order valence-corrected chi connectivity index (χ1v) is 12.4. The summed E-state index contributed by atoms with van der Waals surface area (Å²) in [4.78, 5) is 31.6. The number of hydroxylamine groups is 1. The molecule has 0 saturated carbocycles. The number of benzene rings is 2. The number of aromatic amines is 1. The van der Waals surface area contributed by atoms with E-state index in [2.05, 4.69) is 16.0 Å². The molecule has 9 nitrogen and oxygen atoms in total. The largest absolute Gasteiger partial charge is 0.448 e. The number of rotatable bonds is 11. The molecule has 1 aliphatic rings. The van der Waals surface area contributed by atoms with Gasteiger partial charge in [0.2, 0.25) is 5.91 Å². The molecule has 1 aliphatic heterocycles. The van der Waals surface area contributed by atoms with Gasteiger partial charge in [0.1, 0.15) is 6.61 Å². The van der Waals surface area contributed by atoms with Crippen molar-refractivity contribution in [1.82, 2.24) is 20.3 Å². The maximum atomic E-state index is 13.1. The number of hydrogen-bond donors (Lipinski definition) is 3. The van der Waals surface area contributed by atoms with E-state index in [1.807, 2.05) is 48.7 Å². The molecule has 9 heteroatoms. The van der Waals surface area contributed by atoms with Crippen LogP contribution in [0.3, 0.4) is 0 Å². The van der Waals surface area contributed by atoms with Crippen LogP contribution in [0.25, 0.3) is 10.9 Å². The van der Waals surface area contributed by atoms with Crippen molar-refractivity contribution in [3.8, 4) is 0 Å². The second kappa shape index (κ2) is 13.1. The van der Waals surface area contributed by atoms with E-state index in [-0.39, 0.29) is 12.5 Å². The molecule has 2 amide bonds. The molecule has 0 unspecified atom stereocenters. The quantitative estimate of drug-likeness (QED) is 0.279. The fraction of sp³-hybridized carbons (Fsp3) is 0.407. The summed E-state index contributed by atoms with van der Waals surface area (Å²) in [5.41, 5.74) is 5.86. The molecule has 1 aromatic heterocycles. The van der Waals surface area contributed by atoms with Crippen molar-refractivity contribution in [1.29, 1.82) is 0 Å². The van der Waals surface area contributed by atoms with Crippen LogP contribution in [0.2, 0.25) is 0 Å². The number of carbonyl (C=O) groups excluding carboxylic acids is 2. The van der Waals surface area contributed by atoms with Gasteiger partial charge < -0.3 is 19.4 Å². The monoisotopic (exact) mass is 494 g/mol. The Hall–Kier alpha value is -3.40. The Morgan fingerprint density at radius 2 is 1.81 bits per heavy atom. The van der Waals surface area contributed by atoms with E-state index in [0.717, 1.165) is 40.7 Å². The smallest absolute Gasteiger partial charge is 0.410 e. The van der Waals surface area contributed by atoms with Gasteiger partial charge in [0, 0.05) is 56.2 Å². The van der Waals surface area contributed by atoms with E-state index in [0.29, 0.717) is 52.3 Å². The number of H-pyrrole nitrogens is 1. The minimum absolute atomic E-state index is 0.210. The van der Waals surface area contributed by atoms with Crippen molar-refractivity contribution in [3.63, 3.8) is 0 Å². The number of ether oxygens (including phenoxy) is 2. The van der Waals surface area contributed by atoms with E-state index in [1.165, 1.54) is 0 Å². The molecular formula is C27H34N4O5. The van der Waals surface area contributed by atoms with Crippen LogP contribution in [0.15, 0.2) is 54.7 Å². The van der Waals surface area contributed by atoms with E-state index >= 15 is 0 Å². The minimum atomic E-state index is -0.414. The van der Waals surface area contributed by atoms with E-state index < -0.39 is 5.91 Å². The number of fused-ring (bicyclic) bond motifs is 1. The predicted molar refractivity (Wildman–Crippen MR) is 136 cm³/mol. The highest BCUT2D eigenvalue weighted by atomic mass is 16.6. The second-order valence-corrected chi connectivity index (χ2v) is 8.95. The van der Waals surface area contributed by atoms with Gasteiger partial charge in [-0.2, -0.15) is 0 Å². The standard InChI is InChI=1S/C27H34N4O5/c32-26(29-34)10-9-21-5-7-22(8-6-21)20-31(27(33)36-18-15-30-13-16-35-17-14-30)12-11-23-19-28-25-4-2-1-3-24(23)25/h1-8,19,28,34H,9-18,20H2,(H,29,32). The molecule has 4 rings (SSSR count). The van der Waals surface area contributed by atoms with Crippen LogP contribution in [-0.4, -0.2) is 78.0 Å². The average Bonchev–Trinajstić information content (AvgIpc) is 3.34. The summed E-state index contributed by atoms with van der Waals surface area (Å²) in [7, 11) is 0. The fourth-order valence-electron chi connectivity index (χ4n) is 4.35. The van der Waals surface area contributed by atoms with Gasteiger partial charge in [0.05, 0.1) is 13.2 Å². The minimum Gasteiger partial charge on any atom is -0.448 e. The van der Waals surface area contributed by atoms with E-state index in [1.54, 1.807) is 10.4 Å². The molecule has 0 radical (unpaired) electrons. The van der Waals surface area contributed by atoms with Gasteiger partial charge >= 0.3 is 6.09 Å². The van der Waals surface area contributed by atoms with Crippen LogP contribution in [-0.2, 0) is 33.7 Å². The number of amides is 2. The van der Waals surface area contributed by atoms with Crippen molar-refractivity contribution in [2.24, 2.45) is 0 Å². The average molecular weight is 495 g/mol. The SMILES string of the molecule is O=C(CCc1ccc(CN(CCc2c[nH]c3ccccc23)C(=O)OCCN2CCOCC2)cc1)NO. The van der Waals surface area contributed by atoms with E-state index in [9.17, 15) is 9.59 Å². The summed E-state index contributed by atoms with van der Waals surface area (Å²) in [6.07, 6.45) is 3.12. The Labute approximate surface area is 210 Å². The van der Waals surface area contributed by atoms with Crippen molar-refractivity contribution < 1.29 is 24.3 Å². The summed E-state index contributed by atoms with van der Waals surface area (Å²) < 4.78 is 11.0. The van der Waals surface area contributed by atoms with Gasteiger partial charge in [-0.1, -0.05) is 42.5 Å². The highest BCUT2D eigenvalue weighted by Crippen LogP contribution is 2.19. The molecule has 1 saturated heterocycles. The molecule has 3 N–H and O–H groups in total. The van der Waals surface area contributed by atoms with Crippen LogP contribution in [0, 0.1) is 0 Å². The van der Waals surface area contributed by atoms with Gasteiger partial charge in [-0.3, -0.25) is 14.9 Å². The number of morpholine rings is 1. The van der Waals surface area contributed by atoms with E-state index in [4.69, 9.17) is 14.7 Å². The zero-order chi connectivity index (χ0) is 25.2. The highest BCUT2D eigenvalue weighted by molar-refractivity contribution is 5.83. The topological polar surface area (TPSA) is 107 Å². The first-order chi connectivity index (χ1) is 17.6. The van der Waals surface area contributed by atoms with Crippen LogP contribution < -0.4 is 5.48 Å². The third-order valence-electron chi connectivity index (χ3n) is 6.48.